The maximum absolute atomic E-state index is 13.6. The molecule has 1 aliphatic heterocycles. The molecule has 1 N–H and O–H groups in total. The number of imidazole rings is 1. The molecular weight excluding hydrogens is 593 g/mol. The molecule has 8 heteroatoms. The molecule has 2 heterocycles. The van der Waals surface area contributed by atoms with Crippen LogP contribution in [0.3, 0.4) is 0 Å². The van der Waals surface area contributed by atoms with Gasteiger partial charge in [0.25, 0.3) is 5.91 Å². The van der Waals surface area contributed by atoms with E-state index < -0.39 is 0 Å². The van der Waals surface area contributed by atoms with Gasteiger partial charge in [0.2, 0.25) is 0 Å². The van der Waals surface area contributed by atoms with Gasteiger partial charge >= 0.3 is 0 Å². The average molecular weight is 639 g/mol. The molecule has 0 saturated carbocycles. The highest BCUT2D eigenvalue weighted by Crippen LogP contribution is 2.34. The van der Waals surface area contributed by atoms with E-state index in [2.05, 4.69) is 72.4 Å². The highest BCUT2D eigenvalue weighted by atomic mass is 32.2. The van der Waals surface area contributed by atoms with Gasteiger partial charge in [-0.25, -0.2) is 4.98 Å². The monoisotopic (exact) mass is 638 g/mol. The predicted molar refractivity (Wildman–Crippen MR) is 191 cm³/mol. The Morgan fingerprint density at radius 2 is 1.78 bits per heavy atom. The molecule has 4 aromatic rings. The number of ether oxygens (including phenoxy) is 2. The molecule has 1 amide bonds. The Morgan fingerprint density at radius 3 is 2.50 bits per heavy atom. The summed E-state index contributed by atoms with van der Waals surface area (Å²) in [5.74, 6) is 3.10. The van der Waals surface area contributed by atoms with E-state index in [1.165, 1.54) is 0 Å². The number of amides is 1. The maximum Gasteiger partial charge on any atom is 0.251 e. The van der Waals surface area contributed by atoms with Gasteiger partial charge in [-0.2, -0.15) is 0 Å². The summed E-state index contributed by atoms with van der Waals surface area (Å²) < 4.78 is 13.5. The second kappa shape index (κ2) is 16.5. The Kier molecular flexibility index (Phi) is 12.0. The number of thioether (sulfide) groups is 1. The Bertz CT molecular complexity index is 1600. The Hall–Kier alpha value is -4.01. The lowest BCUT2D eigenvalue weighted by atomic mass is 10.00. The van der Waals surface area contributed by atoms with E-state index in [4.69, 9.17) is 9.47 Å². The molecule has 7 nitrogen and oxygen atoms in total. The molecule has 1 aromatic heterocycles. The van der Waals surface area contributed by atoms with E-state index in [-0.39, 0.29) is 5.91 Å². The third-order valence-electron chi connectivity index (χ3n) is 7.95. The zero-order valence-electron chi connectivity index (χ0n) is 27.5. The number of carbonyl (C=O) groups is 1. The number of benzene rings is 3. The van der Waals surface area contributed by atoms with Crippen LogP contribution < -0.4 is 15.0 Å². The molecule has 0 aliphatic carbocycles. The fraction of sp³-hybridized carbons (Fsp3) is 0.368. The van der Waals surface area contributed by atoms with Crippen molar-refractivity contribution in [2.45, 2.75) is 50.7 Å². The minimum absolute atomic E-state index is 0.0589. The first-order chi connectivity index (χ1) is 22.4. The van der Waals surface area contributed by atoms with Crippen LogP contribution in [0.5, 0.6) is 5.75 Å². The number of hydrogen-bond acceptors (Lipinski definition) is 6. The van der Waals surface area contributed by atoms with Crippen molar-refractivity contribution in [3.63, 3.8) is 0 Å². The molecular formula is C38H46N4O3S. The first-order valence-electron chi connectivity index (χ1n) is 16.3. The van der Waals surface area contributed by atoms with Gasteiger partial charge in [-0.1, -0.05) is 45.4 Å². The number of unbranched alkanes of at least 4 members (excludes halogenated alkanes) is 1. The summed E-state index contributed by atoms with van der Waals surface area (Å²) in [6, 6.07) is 22.8. The van der Waals surface area contributed by atoms with Crippen LogP contribution in [-0.2, 0) is 22.3 Å². The van der Waals surface area contributed by atoms with Gasteiger partial charge in [0.1, 0.15) is 18.2 Å². The smallest absolute Gasteiger partial charge is 0.251 e. The number of aromatic nitrogens is 2. The van der Waals surface area contributed by atoms with Crippen LogP contribution in [0.15, 0.2) is 89.6 Å². The summed E-state index contributed by atoms with van der Waals surface area (Å²) in [5.41, 5.74) is 6.01. The second-order valence-corrected chi connectivity index (χ2v) is 13.1. The molecule has 242 valence electrons. The number of carbonyl (C=O) groups excluding carboxylic acids is 1. The average Bonchev–Trinajstić information content (AvgIpc) is 3.38. The van der Waals surface area contributed by atoms with E-state index in [0.717, 1.165) is 88.4 Å². The zero-order valence-corrected chi connectivity index (χ0v) is 28.3. The standard InChI is InChI=1S/C38H46N4O3S/c1-5-6-21-44-22-23-45-34-12-7-29(8-13-34)30-9-16-36-32(24-30)25-31(17-19-42(36)26-28(2)3)38(43)40-33-10-14-35(15-11-33)46-27-37-39-18-20-41(37)4/h7-16,18,20,24-25,28H,5-6,17,19,21-23,26-27H2,1-4H3,(H,40,43). The maximum atomic E-state index is 13.6. The highest BCUT2D eigenvalue weighted by molar-refractivity contribution is 7.98. The zero-order chi connectivity index (χ0) is 32.3. The summed E-state index contributed by atoms with van der Waals surface area (Å²) in [5, 5.41) is 3.14. The highest BCUT2D eigenvalue weighted by Gasteiger charge is 2.21. The fourth-order valence-electron chi connectivity index (χ4n) is 5.42. The van der Waals surface area contributed by atoms with Crippen LogP contribution >= 0.6 is 11.8 Å². The number of aryl methyl sites for hydroxylation is 1. The van der Waals surface area contributed by atoms with E-state index >= 15 is 0 Å². The van der Waals surface area contributed by atoms with Crippen LogP contribution in [-0.4, -0.2) is 48.4 Å². The Morgan fingerprint density at radius 1 is 1.00 bits per heavy atom. The van der Waals surface area contributed by atoms with E-state index in [1.807, 2.05) is 60.4 Å². The number of nitrogens with one attached hydrogen (secondary N) is 1. The van der Waals surface area contributed by atoms with Crippen molar-refractivity contribution >= 4 is 35.1 Å². The van der Waals surface area contributed by atoms with Crippen LogP contribution in [0.4, 0.5) is 11.4 Å². The second-order valence-electron chi connectivity index (χ2n) is 12.1. The molecule has 0 saturated heterocycles. The largest absolute Gasteiger partial charge is 0.491 e. The minimum Gasteiger partial charge on any atom is -0.491 e. The van der Waals surface area contributed by atoms with Gasteiger partial charge < -0.3 is 24.3 Å². The normalized spacial score (nSPS) is 12.9. The van der Waals surface area contributed by atoms with E-state index in [0.29, 0.717) is 25.6 Å². The number of hydrogen-bond donors (Lipinski definition) is 1. The van der Waals surface area contributed by atoms with Gasteiger partial charge in [-0.15, -0.1) is 11.8 Å². The number of anilines is 2. The molecule has 0 atom stereocenters. The summed E-state index contributed by atoms with van der Waals surface area (Å²) in [4.78, 5) is 21.5. The molecule has 0 unspecified atom stereocenters. The van der Waals surface area contributed by atoms with Crippen molar-refractivity contribution in [3.8, 4) is 16.9 Å². The van der Waals surface area contributed by atoms with E-state index in [1.54, 1.807) is 11.8 Å². The van der Waals surface area contributed by atoms with Crippen molar-refractivity contribution < 1.29 is 14.3 Å². The third-order valence-corrected chi connectivity index (χ3v) is 8.96. The van der Waals surface area contributed by atoms with Crippen molar-refractivity contribution in [1.82, 2.24) is 9.55 Å². The van der Waals surface area contributed by atoms with Crippen molar-refractivity contribution in [2.75, 3.05) is 43.1 Å². The van der Waals surface area contributed by atoms with Crippen molar-refractivity contribution in [1.29, 1.82) is 0 Å². The van der Waals surface area contributed by atoms with Gasteiger partial charge in [-0.05, 0) is 90.1 Å². The predicted octanol–water partition coefficient (Wildman–Crippen LogP) is 8.46. The summed E-state index contributed by atoms with van der Waals surface area (Å²) >= 11 is 1.73. The number of fused-ring (bicyclic) bond motifs is 1. The van der Waals surface area contributed by atoms with Gasteiger partial charge in [-0.3, -0.25) is 4.79 Å². The topological polar surface area (TPSA) is 68.6 Å². The van der Waals surface area contributed by atoms with Crippen LogP contribution in [0.2, 0.25) is 0 Å². The molecule has 46 heavy (non-hydrogen) atoms. The first-order valence-corrected chi connectivity index (χ1v) is 17.3. The van der Waals surface area contributed by atoms with E-state index in [9.17, 15) is 4.79 Å². The van der Waals surface area contributed by atoms with Crippen molar-refractivity contribution in [3.05, 3.63) is 96.1 Å². The molecule has 5 rings (SSSR count). The molecule has 0 radical (unpaired) electrons. The SMILES string of the molecule is CCCCOCCOc1ccc(-c2ccc3c(c2)C=C(C(=O)Nc2ccc(SCc4nccn4C)cc2)CCN3CC(C)C)cc1. The number of rotatable bonds is 15. The number of nitrogens with zero attached hydrogens (tertiary/aromatic N) is 3. The quantitative estimate of drug-likeness (QED) is 0.104. The fourth-order valence-corrected chi connectivity index (χ4v) is 6.33. The Balaban J connectivity index is 1.27. The first kappa shape index (κ1) is 33.4. The van der Waals surface area contributed by atoms with Crippen LogP contribution in [0.1, 0.15) is 51.4 Å². The van der Waals surface area contributed by atoms with Crippen molar-refractivity contribution in [2.24, 2.45) is 13.0 Å². The molecule has 3 aromatic carbocycles. The molecule has 1 aliphatic rings. The summed E-state index contributed by atoms with van der Waals surface area (Å²) in [7, 11) is 2.01. The third kappa shape index (κ3) is 9.27. The molecule has 0 fully saturated rings. The minimum atomic E-state index is -0.0589. The lowest BCUT2D eigenvalue weighted by Gasteiger charge is -2.27. The Labute approximate surface area is 278 Å². The lowest BCUT2D eigenvalue weighted by molar-refractivity contribution is -0.112. The van der Waals surface area contributed by atoms with Gasteiger partial charge in [0.05, 0.1) is 12.4 Å². The van der Waals surface area contributed by atoms with Gasteiger partial charge in [0, 0.05) is 61.0 Å². The summed E-state index contributed by atoms with van der Waals surface area (Å²) in [6.45, 7) is 10.3. The lowest BCUT2D eigenvalue weighted by Crippen LogP contribution is -2.29. The van der Waals surface area contributed by atoms with Gasteiger partial charge in [0.15, 0.2) is 0 Å². The van der Waals surface area contributed by atoms with Crippen LogP contribution in [0, 0.1) is 5.92 Å². The molecule has 0 spiro atoms. The molecule has 0 bridgehead atoms. The summed E-state index contributed by atoms with van der Waals surface area (Å²) in [6.07, 6.45) is 8.73. The van der Waals surface area contributed by atoms with Crippen LogP contribution in [0.25, 0.3) is 17.2 Å².